The number of benzene rings is 2. The maximum absolute atomic E-state index is 14.3. The molecule has 0 saturated heterocycles. The molecule has 4 amide bonds. The van der Waals surface area contributed by atoms with E-state index in [0.29, 0.717) is 35.7 Å². The van der Waals surface area contributed by atoms with Crippen molar-refractivity contribution in [2.24, 2.45) is 5.92 Å². The van der Waals surface area contributed by atoms with Crippen LogP contribution in [0, 0.1) is 11.7 Å². The fourth-order valence-corrected chi connectivity index (χ4v) is 5.27. The van der Waals surface area contributed by atoms with E-state index in [1.165, 1.54) is 41.6 Å². The second-order valence-corrected chi connectivity index (χ2v) is 12.0. The molecule has 0 bridgehead atoms. The lowest BCUT2D eigenvalue weighted by molar-refractivity contribution is -0.0115. The van der Waals surface area contributed by atoms with E-state index in [-0.39, 0.29) is 55.1 Å². The first kappa shape index (κ1) is 35.3. The van der Waals surface area contributed by atoms with Crippen LogP contribution in [0.3, 0.4) is 0 Å². The third-order valence-electron chi connectivity index (χ3n) is 8.15. The number of aliphatic hydroxyl groups is 1. The Morgan fingerprint density at radius 2 is 1.77 bits per heavy atom. The molecule has 252 valence electrons. The largest absolute Gasteiger partial charge is 0.490 e. The summed E-state index contributed by atoms with van der Waals surface area (Å²) in [4.78, 5) is 47.2. The molecule has 3 aromatic rings. The summed E-state index contributed by atoms with van der Waals surface area (Å²) in [6.45, 7) is 6.24. The first-order valence-electron chi connectivity index (χ1n) is 15.9. The van der Waals surface area contributed by atoms with Gasteiger partial charge in [-0.25, -0.2) is 9.18 Å². The smallest absolute Gasteiger partial charge is 0.321 e. The van der Waals surface area contributed by atoms with E-state index in [1.54, 1.807) is 49.2 Å². The van der Waals surface area contributed by atoms with E-state index < -0.39 is 18.0 Å². The van der Waals surface area contributed by atoms with Crippen molar-refractivity contribution in [1.29, 1.82) is 0 Å². The molecule has 2 heterocycles. The highest BCUT2D eigenvalue weighted by molar-refractivity contribution is 6.05. The SMILES string of the molecule is C[C@H]1CCCCO[C@H](CN(C)C(=O)Nc2ccc(F)cc2)[C@@H](C)CN([C@@H](C)CO)C(=O)c2cc(NC(=O)c3ccncc3)ccc2O1. The molecule has 47 heavy (non-hydrogen) atoms. The van der Waals surface area contributed by atoms with Gasteiger partial charge in [-0.3, -0.25) is 14.6 Å². The number of amides is 4. The van der Waals surface area contributed by atoms with Crippen LogP contribution in [0.1, 0.15) is 60.7 Å². The van der Waals surface area contributed by atoms with Gasteiger partial charge in [0.1, 0.15) is 11.6 Å². The average molecular weight is 650 g/mol. The summed E-state index contributed by atoms with van der Waals surface area (Å²) in [7, 11) is 1.65. The van der Waals surface area contributed by atoms with Crippen LogP contribution in [0.2, 0.25) is 0 Å². The Hall–Kier alpha value is -4.55. The molecule has 2 aromatic carbocycles. The molecule has 0 fully saturated rings. The predicted octanol–water partition coefficient (Wildman–Crippen LogP) is 5.43. The van der Waals surface area contributed by atoms with Crippen LogP contribution in [-0.2, 0) is 4.74 Å². The molecular formula is C35H44FN5O6. The maximum atomic E-state index is 14.3. The van der Waals surface area contributed by atoms with Gasteiger partial charge >= 0.3 is 6.03 Å². The zero-order chi connectivity index (χ0) is 33.9. The number of aromatic nitrogens is 1. The number of hydrogen-bond acceptors (Lipinski definition) is 7. The van der Waals surface area contributed by atoms with Crippen LogP contribution in [0.4, 0.5) is 20.6 Å². The van der Waals surface area contributed by atoms with E-state index in [0.717, 1.165) is 12.8 Å². The number of carbonyl (C=O) groups excluding carboxylic acids is 3. The van der Waals surface area contributed by atoms with Crippen molar-refractivity contribution in [3.63, 3.8) is 0 Å². The molecule has 4 rings (SSSR count). The van der Waals surface area contributed by atoms with Crippen LogP contribution >= 0.6 is 0 Å². The molecule has 1 aliphatic heterocycles. The molecule has 0 spiro atoms. The van der Waals surface area contributed by atoms with Crippen molar-refractivity contribution in [2.75, 3.05) is 44.0 Å². The molecule has 0 saturated carbocycles. The van der Waals surface area contributed by atoms with Gasteiger partial charge in [-0.15, -0.1) is 0 Å². The highest BCUT2D eigenvalue weighted by atomic mass is 19.1. The number of ether oxygens (including phenoxy) is 2. The van der Waals surface area contributed by atoms with Crippen molar-refractivity contribution in [3.8, 4) is 5.75 Å². The first-order chi connectivity index (χ1) is 22.5. The van der Waals surface area contributed by atoms with E-state index >= 15 is 0 Å². The molecule has 3 N–H and O–H groups in total. The second kappa shape index (κ2) is 16.8. The van der Waals surface area contributed by atoms with Gasteiger partial charge in [0.05, 0.1) is 30.4 Å². The summed E-state index contributed by atoms with van der Waals surface area (Å²) in [5, 5.41) is 15.8. The Balaban J connectivity index is 1.59. The summed E-state index contributed by atoms with van der Waals surface area (Å²) in [6.07, 6.45) is 4.71. The molecule has 11 nitrogen and oxygen atoms in total. The van der Waals surface area contributed by atoms with Crippen LogP contribution in [0.25, 0.3) is 0 Å². The van der Waals surface area contributed by atoms with Gasteiger partial charge in [0.2, 0.25) is 0 Å². The minimum atomic E-state index is -0.557. The Labute approximate surface area is 275 Å². The molecule has 1 aromatic heterocycles. The fraction of sp³-hybridized carbons (Fsp3) is 0.429. The summed E-state index contributed by atoms with van der Waals surface area (Å²) in [5.74, 6) is -0.997. The number of aliphatic hydroxyl groups excluding tert-OH is 1. The van der Waals surface area contributed by atoms with Crippen LogP contribution in [-0.4, -0.2) is 89.3 Å². The van der Waals surface area contributed by atoms with Gasteiger partial charge in [-0.05, 0) is 87.7 Å². The molecule has 0 unspecified atom stereocenters. The van der Waals surface area contributed by atoms with Crippen molar-refractivity contribution in [1.82, 2.24) is 14.8 Å². The van der Waals surface area contributed by atoms with E-state index in [9.17, 15) is 23.9 Å². The Morgan fingerprint density at radius 3 is 2.47 bits per heavy atom. The van der Waals surface area contributed by atoms with Gasteiger partial charge in [0.15, 0.2) is 0 Å². The van der Waals surface area contributed by atoms with Gasteiger partial charge < -0.3 is 35.0 Å². The van der Waals surface area contributed by atoms with Gasteiger partial charge in [-0.2, -0.15) is 0 Å². The number of nitrogens with one attached hydrogen (secondary N) is 2. The number of rotatable bonds is 7. The van der Waals surface area contributed by atoms with Crippen LogP contribution in [0.15, 0.2) is 67.0 Å². The molecule has 1 aliphatic rings. The number of halogens is 1. The lowest BCUT2D eigenvalue weighted by Crippen LogP contribution is -2.48. The van der Waals surface area contributed by atoms with Crippen molar-refractivity contribution < 1.29 is 33.4 Å². The minimum absolute atomic E-state index is 0.207. The van der Waals surface area contributed by atoms with Crippen molar-refractivity contribution >= 4 is 29.2 Å². The second-order valence-electron chi connectivity index (χ2n) is 12.0. The summed E-state index contributed by atoms with van der Waals surface area (Å²) < 4.78 is 25.9. The lowest BCUT2D eigenvalue weighted by Gasteiger charge is -2.35. The Morgan fingerprint density at radius 1 is 1.06 bits per heavy atom. The molecule has 0 aliphatic carbocycles. The zero-order valence-electron chi connectivity index (χ0n) is 27.3. The van der Waals surface area contributed by atoms with E-state index in [2.05, 4.69) is 15.6 Å². The Bertz CT molecular complexity index is 1490. The maximum Gasteiger partial charge on any atom is 0.321 e. The summed E-state index contributed by atoms with van der Waals surface area (Å²) in [5.41, 5.74) is 1.55. The Kier molecular flexibility index (Phi) is 12.7. The number of hydrogen-bond donors (Lipinski definition) is 3. The third-order valence-corrected chi connectivity index (χ3v) is 8.15. The highest BCUT2D eigenvalue weighted by Crippen LogP contribution is 2.29. The molecule has 0 radical (unpaired) electrons. The zero-order valence-corrected chi connectivity index (χ0v) is 27.3. The van der Waals surface area contributed by atoms with Crippen molar-refractivity contribution in [3.05, 3.63) is 83.9 Å². The van der Waals surface area contributed by atoms with E-state index in [1.807, 2.05) is 13.8 Å². The van der Waals surface area contributed by atoms with Crippen molar-refractivity contribution in [2.45, 2.75) is 58.3 Å². The normalized spacial score (nSPS) is 19.8. The molecule has 12 heteroatoms. The first-order valence-corrected chi connectivity index (χ1v) is 15.9. The number of urea groups is 1. The monoisotopic (exact) mass is 649 g/mol. The standard InChI is InChI=1S/C35H44FN5O6/c1-23-20-41(24(2)22-42)34(44)30-19-29(38-33(43)26-14-16-37-17-15-26)12-13-31(30)47-25(3)7-5-6-18-46-32(23)21-40(4)35(45)39-28-10-8-27(36)9-11-28/h8-17,19,23-25,32,42H,5-7,18,20-22H2,1-4H3,(H,38,43)(H,39,45)/t23-,24-,25-,32+/m0/s1. The fourth-order valence-electron chi connectivity index (χ4n) is 5.27. The predicted molar refractivity (Wildman–Crippen MR) is 177 cm³/mol. The topological polar surface area (TPSA) is 133 Å². The summed E-state index contributed by atoms with van der Waals surface area (Å²) >= 11 is 0. The van der Waals surface area contributed by atoms with Gasteiger partial charge in [0, 0.05) is 62.0 Å². The molecular weight excluding hydrogens is 605 g/mol. The number of carbonyl (C=O) groups is 3. The third kappa shape index (κ3) is 9.97. The van der Waals surface area contributed by atoms with Gasteiger partial charge in [0.25, 0.3) is 11.8 Å². The average Bonchev–Trinajstić information content (AvgIpc) is 3.07. The van der Waals surface area contributed by atoms with Crippen LogP contribution in [0.5, 0.6) is 5.75 Å². The number of anilines is 2. The number of likely N-dealkylation sites (N-methyl/N-ethyl adjacent to an activating group) is 1. The van der Waals surface area contributed by atoms with Crippen LogP contribution < -0.4 is 15.4 Å². The highest BCUT2D eigenvalue weighted by Gasteiger charge is 2.31. The van der Waals surface area contributed by atoms with Gasteiger partial charge in [-0.1, -0.05) is 6.92 Å². The lowest BCUT2D eigenvalue weighted by atomic mass is 10.0. The quantitative estimate of drug-likeness (QED) is 0.311. The minimum Gasteiger partial charge on any atom is -0.490 e. The molecule has 4 atom stereocenters. The van der Waals surface area contributed by atoms with E-state index in [4.69, 9.17) is 9.47 Å². The number of nitrogens with zero attached hydrogens (tertiary/aromatic N) is 3. The number of fused-ring (bicyclic) bond motifs is 1. The number of pyridine rings is 1. The summed E-state index contributed by atoms with van der Waals surface area (Å²) in [6, 6.07) is 12.7.